The third-order valence-electron chi connectivity index (χ3n) is 4.20. The van der Waals surface area contributed by atoms with E-state index in [-0.39, 0.29) is 29.8 Å². The second kappa shape index (κ2) is 7.51. The largest absolute Gasteiger partial charge is 0.481 e. The molecule has 0 spiro atoms. The van der Waals surface area contributed by atoms with Gasteiger partial charge in [-0.15, -0.1) is 0 Å². The summed E-state index contributed by atoms with van der Waals surface area (Å²) in [4.78, 5) is 22.6. The number of benzene rings is 1. The van der Waals surface area contributed by atoms with Crippen molar-refractivity contribution in [2.45, 2.75) is 13.2 Å². The van der Waals surface area contributed by atoms with Crippen molar-refractivity contribution >= 4 is 11.6 Å². The maximum atomic E-state index is 13.6. The molecule has 0 unspecified atom stereocenters. The van der Waals surface area contributed by atoms with Crippen LogP contribution in [0.5, 0.6) is 5.75 Å². The third kappa shape index (κ3) is 3.57. The van der Waals surface area contributed by atoms with E-state index in [0.717, 1.165) is 11.3 Å². The second-order valence-electron chi connectivity index (χ2n) is 6.19. The summed E-state index contributed by atoms with van der Waals surface area (Å²) in [6.07, 6.45) is 4.90. The lowest BCUT2D eigenvalue weighted by Gasteiger charge is -2.15. The number of imidazole rings is 1. The fraction of sp³-hybridized carbons (Fsp3) is 0.150. The van der Waals surface area contributed by atoms with Gasteiger partial charge in [0.1, 0.15) is 11.9 Å². The Labute approximate surface area is 160 Å². The highest BCUT2D eigenvalue weighted by Crippen LogP contribution is 2.17. The number of halogens is 1. The predicted molar refractivity (Wildman–Crippen MR) is 98.2 cm³/mol. The number of carbonyl (C=O) groups excluding carboxylic acids is 1. The van der Waals surface area contributed by atoms with Crippen LogP contribution >= 0.6 is 0 Å². The van der Waals surface area contributed by atoms with E-state index < -0.39 is 5.82 Å². The average Bonchev–Trinajstić information content (AvgIpc) is 3.34. The molecule has 4 aromatic rings. The van der Waals surface area contributed by atoms with Gasteiger partial charge in [-0.3, -0.25) is 4.79 Å². The zero-order valence-electron chi connectivity index (χ0n) is 15.1. The van der Waals surface area contributed by atoms with Crippen LogP contribution in [0.2, 0.25) is 0 Å². The number of carbonyl (C=O) groups is 1. The van der Waals surface area contributed by atoms with Crippen LogP contribution in [0.4, 0.5) is 4.39 Å². The van der Waals surface area contributed by atoms with Crippen molar-refractivity contribution in [1.29, 1.82) is 0 Å². The fourth-order valence-corrected chi connectivity index (χ4v) is 2.79. The number of fused-ring (bicyclic) bond motifs is 1. The second-order valence-corrected chi connectivity index (χ2v) is 6.19. The van der Waals surface area contributed by atoms with Gasteiger partial charge in [-0.05, 0) is 24.3 Å². The summed E-state index contributed by atoms with van der Waals surface area (Å²) in [7, 11) is 1.68. The molecule has 0 saturated heterocycles. The van der Waals surface area contributed by atoms with E-state index in [1.54, 1.807) is 25.4 Å². The van der Waals surface area contributed by atoms with Crippen LogP contribution in [0.15, 0.2) is 65.5 Å². The zero-order valence-corrected chi connectivity index (χ0v) is 15.1. The van der Waals surface area contributed by atoms with Gasteiger partial charge in [0.15, 0.2) is 23.9 Å². The Morgan fingerprint density at radius 1 is 1.25 bits per heavy atom. The van der Waals surface area contributed by atoms with E-state index >= 15 is 0 Å². The van der Waals surface area contributed by atoms with Gasteiger partial charge in [0, 0.05) is 13.2 Å². The predicted octanol–water partition coefficient (Wildman–Crippen LogP) is 3.31. The highest BCUT2D eigenvalue weighted by molar-refractivity contribution is 5.91. The Kier molecular flexibility index (Phi) is 4.76. The Balaban J connectivity index is 1.41. The lowest BCUT2D eigenvalue weighted by Crippen LogP contribution is -2.27. The summed E-state index contributed by atoms with van der Waals surface area (Å²) in [5, 5.41) is 0. The number of hydrogen-bond acceptors (Lipinski definition) is 5. The lowest BCUT2D eigenvalue weighted by molar-refractivity contribution is 0.0777. The molecule has 0 aliphatic heterocycles. The summed E-state index contributed by atoms with van der Waals surface area (Å²) in [5.41, 5.74) is 1.84. The lowest BCUT2D eigenvalue weighted by atomic mass is 10.3. The summed E-state index contributed by atoms with van der Waals surface area (Å²) in [5.74, 6) is -0.488. The van der Waals surface area contributed by atoms with Crippen molar-refractivity contribution in [3.05, 3.63) is 84.2 Å². The SMILES string of the molecule is CN(Cc1cnc2ccccn12)C(=O)c1coc(COc2ccccc2F)n1. The highest BCUT2D eigenvalue weighted by Gasteiger charge is 2.18. The molecule has 0 aliphatic rings. The first-order chi connectivity index (χ1) is 13.6. The molecule has 0 saturated carbocycles. The summed E-state index contributed by atoms with van der Waals surface area (Å²) >= 11 is 0. The zero-order chi connectivity index (χ0) is 19.5. The molecule has 0 N–H and O–H groups in total. The van der Waals surface area contributed by atoms with Gasteiger partial charge in [-0.1, -0.05) is 18.2 Å². The molecule has 0 aliphatic carbocycles. The number of aromatic nitrogens is 3. The molecule has 0 atom stereocenters. The smallest absolute Gasteiger partial charge is 0.275 e. The molecule has 4 rings (SSSR count). The first-order valence-electron chi connectivity index (χ1n) is 8.60. The van der Waals surface area contributed by atoms with Crippen molar-refractivity contribution in [2.24, 2.45) is 0 Å². The number of hydrogen-bond donors (Lipinski definition) is 0. The standard InChI is InChI=1S/C20H17FN4O3/c1-24(11-14-10-22-18-8-4-5-9-25(14)18)20(26)16-12-28-19(23-16)13-27-17-7-3-2-6-15(17)21/h2-10,12H,11,13H2,1H3. The van der Waals surface area contributed by atoms with Crippen LogP contribution in [-0.4, -0.2) is 32.2 Å². The van der Waals surface area contributed by atoms with Crippen molar-refractivity contribution in [3.63, 3.8) is 0 Å². The molecule has 0 bridgehead atoms. The average molecular weight is 380 g/mol. The quantitative estimate of drug-likeness (QED) is 0.513. The monoisotopic (exact) mass is 380 g/mol. The molecule has 0 radical (unpaired) electrons. The maximum Gasteiger partial charge on any atom is 0.275 e. The van der Waals surface area contributed by atoms with E-state index in [1.807, 2.05) is 28.8 Å². The molecule has 7 nitrogen and oxygen atoms in total. The van der Waals surface area contributed by atoms with E-state index in [2.05, 4.69) is 9.97 Å². The van der Waals surface area contributed by atoms with Crippen LogP contribution in [-0.2, 0) is 13.2 Å². The molecule has 3 aromatic heterocycles. The number of ether oxygens (including phenoxy) is 1. The summed E-state index contributed by atoms with van der Waals surface area (Å²) < 4.78 is 26.1. The van der Waals surface area contributed by atoms with Crippen LogP contribution in [0.1, 0.15) is 22.1 Å². The van der Waals surface area contributed by atoms with Crippen molar-refractivity contribution in [3.8, 4) is 5.75 Å². The molecule has 1 amide bonds. The van der Waals surface area contributed by atoms with Crippen LogP contribution in [0.3, 0.4) is 0 Å². The van der Waals surface area contributed by atoms with Gasteiger partial charge < -0.3 is 18.5 Å². The van der Waals surface area contributed by atoms with E-state index in [1.165, 1.54) is 23.3 Å². The maximum absolute atomic E-state index is 13.6. The normalized spacial score (nSPS) is 10.9. The van der Waals surface area contributed by atoms with Gasteiger partial charge >= 0.3 is 0 Å². The number of oxazole rings is 1. The summed E-state index contributed by atoms with van der Waals surface area (Å²) in [6.45, 7) is 0.281. The topological polar surface area (TPSA) is 72.9 Å². The Bertz CT molecular complexity index is 1120. The van der Waals surface area contributed by atoms with Crippen molar-refractivity contribution in [1.82, 2.24) is 19.3 Å². The number of pyridine rings is 1. The number of nitrogens with zero attached hydrogens (tertiary/aromatic N) is 4. The molecular formula is C20H17FN4O3. The minimum Gasteiger partial charge on any atom is -0.481 e. The van der Waals surface area contributed by atoms with Gasteiger partial charge in [0.25, 0.3) is 5.91 Å². The number of para-hydroxylation sites is 1. The molecule has 1 aromatic carbocycles. The first kappa shape index (κ1) is 17.7. The van der Waals surface area contributed by atoms with Gasteiger partial charge in [0.05, 0.1) is 18.4 Å². The highest BCUT2D eigenvalue weighted by atomic mass is 19.1. The molecular weight excluding hydrogens is 363 g/mol. The first-order valence-corrected chi connectivity index (χ1v) is 8.60. The fourth-order valence-electron chi connectivity index (χ4n) is 2.79. The third-order valence-corrected chi connectivity index (χ3v) is 4.20. The Hall–Kier alpha value is -3.68. The van der Waals surface area contributed by atoms with Crippen LogP contribution in [0, 0.1) is 5.82 Å². The van der Waals surface area contributed by atoms with Crippen LogP contribution in [0.25, 0.3) is 5.65 Å². The Morgan fingerprint density at radius 2 is 2.07 bits per heavy atom. The van der Waals surface area contributed by atoms with Crippen molar-refractivity contribution in [2.75, 3.05) is 7.05 Å². The number of rotatable bonds is 6. The van der Waals surface area contributed by atoms with E-state index in [9.17, 15) is 9.18 Å². The molecule has 0 fully saturated rings. The minimum absolute atomic E-state index is 0.0782. The van der Waals surface area contributed by atoms with Crippen LogP contribution < -0.4 is 4.74 Å². The molecule has 142 valence electrons. The minimum atomic E-state index is -0.474. The summed E-state index contributed by atoms with van der Waals surface area (Å²) in [6, 6.07) is 11.7. The van der Waals surface area contributed by atoms with Gasteiger partial charge in [0.2, 0.25) is 5.89 Å². The molecule has 8 heteroatoms. The number of amides is 1. The molecule has 3 heterocycles. The molecule has 28 heavy (non-hydrogen) atoms. The van der Waals surface area contributed by atoms with E-state index in [0.29, 0.717) is 6.54 Å². The Morgan fingerprint density at radius 3 is 2.93 bits per heavy atom. The van der Waals surface area contributed by atoms with Crippen molar-refractivity contribution < 1.29 is 18.3 Å². The van der Waals surface area contributed by atoms with Gasteiger partial charge in [-0.2, -0.15) is 0 Å². The van der Waals surface area contributed by atoms with Gasteiger partial charge in [-0.25, -0.2) is 14.4 Å². The van der Waals surface area contributed by atoms with E-state index in [4.69, 9.17) is 9.15 Å².